The standard InChI is InChI=1S/C16H18N6O2/c1-20-14-11(3-2-4-12(14)21-9-6-17-7-10-21)15(19-20)22-8-5-13(23)18-16(22)24/h2-5,8,17H,6-7,9-10H2,1H3,(H,18,23,24). The van der Waals surface area contributed by atoms with Crippen molar-refractivity contribution in [3.8, 4) is 5.82 Å². The first kappa shape index (κ1) is 14.7. The van der Waals surface area contributed by atoms with E-state index in [2.05, 4.69) is 26.4 Å². The quantitative estimate of drug-likeness (QED) is 0.682. The van der Waals surface area contributed by atoms with Crippen LogP contribution in [-0.4, -0.2) is 45.5 Å². The summed E-state index contributed by atoms with van der Waals surface area (Å²) in [6, 6.07) is 7.32. The van der Waals surface area contributed by atoms with Gasteiger partial charge >= 0.3 is 5.69 Å². The Bertz CT molecular complexity index is 1010. The number of rotatable bonds is 2. The van der Waals surface area contributed by atoms with E-state index in [0.717, 1.165) is 42.8 Å². The van der Waals surface area contributed by atoms with Crippen molar-refractivity contribution in [1.82, 2.24) is 24.6 Å². The highest BCUT2D eigenvalue weighted by atomic mass is 16.2. The second kappa shape index (κ2) is 5.64. The van der Waals surface area contributed by atoms with E-state index in [1.54, 1.807) is 4.68 Å². The summed E-state index contributed by atoms with van der Waals surface area (Å²) in [5.41, 5.74) is 1.17. The molecule has 0 unspecified atom stereocenters. The molecule has 1 saturated heterocycles. The summed E-state index contributed by atoms with van der Waals surface area (Å²) in [6.45, 7) is 3.75. The number of fused-ring (bicyclic) bond motifs is 1. The first-order chi connectivity index (χ1) is 11.6. The molecular formula is C16H18N6O2. The van der Waals surface area contributed by atoms with Crippen molar-refractivity contribution in [3.63, 3.8) is 0 Å². The van der Waals surface area contributed by atoms with Gasteiger partial charge in [0, 0.05) is 50.9 Å². The molecule has 1 aromatic carbocycles. The molecule has 1 aliphatic rings. The van der Waals surface area contributed by atoms with Crippen LogP contribution in [0.3, 0.4) is 0 Å². The summed E-state index contributed by atoms with van der Waals surface area (Å²) < 4.78 is 3.16. The summed E-state index contributed by atoms with van der Waals surface area (Å²) >= 11 is 0. The smallest absolute Gasteiger partial charge is 0.334 e. The molecule has 0 radical (unpaired) electrons. The van der Waals surface area contributed by atoms with Crippen LogP contribution in [-0.2, 0) is 7.05 Å². The van der Waals surface area contributed by atoms with Gasteiger partial charge in [0.2, 0.25) is 0 Å². The second-order valence-corrected chi connectivity index (χ2v) is 5.84. The molecule has 3 heterocycles. The lowest BCUT2D eigenvalue weighted by Crippen LogP contribution is -2.43. The van der Waals surface area contributed by atoms with Crippen LogP contribution in [0.4, 0.5) is 5.69 Å². The summed E-state index contributed by atoms with van der Waals surface area (Å²) in [4.78, 5) is 28.0. The first-order valence-electron chi connectivity index (χ1n) is 7.89. The number of benzene rings is 1. The Hall–Kier alpha value is -2.87. The molecule has 1 aliphatic heterocycles. The Balaban J connectivity index is 1.93. The van der Waals surface area contributed by atoms with Crippen molar-refractivity contribution in [1.29, 1.82) is 0 Å². The molecule has 0 spiro atoms. The van der Waals surface area contributed by atoms with E-state index in [-0.39, 0.29) is 0 Å². The molecule has 4 rings (SSSR count). The van der Waals surface area contributed by atoms with Crippen molar-refractivity contribution in [2.24, 2.45) is 7.05 Å². The number of anilines is 1. The number of para-hydroxylation sites is 1. The second-order valence-electron chi connectivity index (χ2n) is 5.84. The van der Waals surface area contributed by atoms with Crippen LogP contribution in [0.1, 0.15) is 0 Å². The molecule has 0 bridgehead atoms. The lowest BCUT2D eigenvalue weighted by Gasteiger charge is -2.30. The third-order valence-corrected chi connectivity index (χ3v) is 4.33. The van der Waals surface area contributed by atoms with Gasteiger partial charge in [-0.1, -0.05) is 6.07 Å². The van der Waals surface area contributed by atoms with Crippen molar-refractivity contribution in [2.75, 3.05) is 31.1 Å². The largest absolute Gasteiger partial charge is 0.367 e. The minimum Gasteiger partial charge on any atom is -0.367 e. The van der Waals surface area contributed by atoms with Gasteiger partial charge in [-0.25, -0.2) is 4.79 Å². The van der Waals surface area contributed by atoms with E-state index in [4.69, 9.17) is 0 Å². The number of nitrogens with zero attached hydrogens (tertiary/aromatic N) is 4. The third-order valence-electron chi connectivity index (χ3n) is 4.33. The summed E-state index contributed by atoms with van der Waals surface area (Å²) in [5.74, 6) is 0.519. The fourth-order valence-corrected chi connectivity index (χ4v) is 3.22. The van der Waals surface area contributed by atoms with Gasteiger partial charge < -0.3 is 10.2 Å². The molecular weight excluding hydrogens is 308 g/mol. The van der Waals surface area contributed by atoms with Gasteiger partial charge in [-0.3, -0.25) is 19.0 Å². The van der Waals surface area contributed by atoms with E-state index in [9.17, 15) is 9.59 Å². The fourth-order valence-electron chi connectivity index (χ4n) is 3.22. The Morgan fingerprint density at radius 2 is 1.92 bits per heavy atom. The van der Waals surface area contributed by atoms with Crippen molar-refractivity contribution >= 4 is 16.6 Å². The normalized spacial score (nSPS) is 15.1. The monoisotopic (exact) mass is 326 g/mol. The van der Waals surface area contributed by atoms with Gasteiger partial charge in [-0.05, 0) is 12.1 Å². The molecule has 8 nitrogen and oxygen atoms in total. The molecule has 1 fully saturated rings. The summed E-state index contributed by atoms with van der Waals surface area (Å²) in [7, 11) is 1.87. The number of piperazine rings is 1. The maximum atomic E-state index is 12.1. The van der Waals surface area contributed by atoms with Crippen molar-refractivity contribution in [2.45, 2.75) is 0 Å². The van der Waals surface area contributed by atoms with Gasteiger partial charge in [0.05, 0.1) is 11.2 Å². The maximum Gasteiger partial charge on any atom is 0.334 e. The molecule has 3 aromatic rings. The van der Waals surface area contributed by atoms with Crippen LogP contribution < -0.4 is 21.5 Å². The van der Waals surface area contributed by atoms with Crippen LogP contribution in [0.25, 0.3) is 16.7 Å². The van der Waals surface area contributed by atoms with Crippen LogP contribution in [0.15, 0.2) is 40.1 Å². The number of hydrogen-bond donors (Lipinski definition) is 2. The van der Waals surface area contributed by atoms with Gasteiger partial charge in [-0.15, -0.1) is 0 Å². The zero-order valence-corrected chi connectivity index (χ0v) is 13.3. The van der Waals surface area contributed by atoms with Gasteiger partial charge in [0.25, 0.3) is 5.56 Å². The highest BCUT2D eigenvalue weighted by molar-refractivity contribution is 5.96. The number of hydrogen-bond acceptors (Lipinski definition) is 5. The van der Waals surface area contributed by atoms with Crippen LogP contribution in [0.5, 0.6) is 0 Å². The zero-order chi connectivity index (χ0) is 16.7. The predicted molar refractivity (Wildman–Crippen MR) is 92.0 cm³/mol. The lowest BCUT2D eigenvalue weighted by atomic mass is 10.2. The molecule has 124 valence electrons. The Morgan fingerprint density at radius 3 is 2.67 bits per heavy atom. The molecule has 0 atom stereocenters. The van der Waals surface area contributed by atoms with Crippen LogP contribution in [0, 0.1) is 0 Å². The lowest BCUT2D eigenvalue weighted by molar-refractivity contribution is 0.589. The SMILES string of the molecule is Cn1nc(-n2ccc(=O)[nH]c2=O)c2cccc(N3CCNCC3)c21. The minimum absolute atomic E-state index is 0.419. The van der Waals surface area contributed by atoms with Crippen molar-refractivity contribution < 1.29 is 0 Å². The van der Waals surface area contributed by atoms with E-state index in [1.807, 2.05) is 19.2 Å². The third kappa shape index (κ3) is 2.31. The fraction of sp³-hybridized carbons (Fsp3) is 0.312. The molecule has 2 aromatic heterocycles. The Kier molecular flexibility index (Phi) is 3.46. The first-order valence-corrected chi connectivity index (χ1v) is 7.89. The van der Waals surface area contributed by atoms with Gasteiger partial charge in [0.1, 0.15) is 0 Å². The highest BCUT2D eigenvalue weighted by Gasteiger charge is 2.19. The number of aromatic amines is 1. The van der Waals surface area contributed by atoms with Gasteiger partial charge in [-0.2, -0.15) is 5.10 Å². The summed E-state index contributed by atoms with van der Waals surface area (Å²) in [6.07, 6.45) is 1.46. The number of nitrogens with one attached hydrogen (secondary N) is 2. The van der Waals surface area contributed by atoms with E-state index in [0.29, 0.717) is 5.82 Å². The topological polar surface area (TPSA) is 88.0 Å². The Labute approximate surface area is 137 Å². The maximum absolute atomic E-state index is 12.1. The molecule has 24 heavy (non-hydrogen) atoms. The average Bonchev–Trinajstić information content (AvgIpc) is 2.93. The van der Waals surface area contributed by atoms with Crippen LogP contribution in [0.2, 0.25) is 0 Å². The van der Waals surface area contributed by atoms with Crippen LogP contribution >= 0.6 is 0 Å². The van der Waals surface area contributed by atoms with Crippen molar-refractivity contribution in [3.05, 3.63) is 51.3 Å². The van der Waals surface area contributed by atoms with E-state index < -0.39 is 11.2 Å². The highest BCUT2D eigenvalue weighted by Crippen LogP contribution is 2.30. The molecule has 0 aliphatic carbocycles. The predicted octanol–water partition coefficient (Wildman–Crippen LogP) is -0.178. The molecule has 0 saturated carbocycles. The molecule has 8 heteroatoms. The molecule has 2 N–H and O–H groups in total. The average molecular weight is 326 g/mol. The molecule has 0 amide bonds. The number of aryl methyl sites for hydroxylation is 1. The number of aromatic nitrogens is 4. The zero-order valence-electron chi connectivity index (χ0n) is 13.3. The minimum atomic E-state index is -0.491. The van der Waals surface area contributed by atoms with Gasteiger partial charge in [0.15, 0.2) is 5.82 Å². The van der Waals surface area contributed by atoms with E-state index in [1.165, 1.54) is 16.8 Å². The Morgan fingerprint density at radius 1 is 1.12 bits per heavy atom. The summed E-state index contributed by atoms with van der Waals surface area (Å²) in [5, 5.41) is 8.75. The number of H-pyrrole nitrogens is 1. The van der Waals surface area contributed by atoms with E-state index >= 15 is 0 Å².